The molecule has 92 valence electrons. The molecule has 0 saturated carbocycles. The van der Waals surface area contributed by atoms with Crippen LogP contribution in [0.1, 0.15) is 6.92 Å². The number of ether oxygens (including phenoxy) is 1. The van der Waals surface area contributed by atoms with E-state index in [9.17, 15) is 0 Å². The normalized spacial score (nSPS) is 12.2. The first-order valence-electron chi connectivity index (χ1n) is 5.79. The first kappa shape index (κ1) is 12.7. The van der Waals surface area contributed by atoms with Gasteiger partial charge in [-0.2, -0.15) is 0 Å². The van der Waals surface area contributed by atoms with Crippen LogP contribution in [0, 0.1) is 0 Å². The van der Waals surface area contributed by atoms with Gasteiger partial charge in [-0.3, -0.25) is 0 Å². The van der Waals surface area contributed by atoms with Gasteiger partial charge < -0.3 is 14.8 Å². The molecular formula is C14H15BO3. The van der Waals surface area contributed by atoms with E-state index in [2.05, 4.69) is 6.58 Å². The third kappa shape index (κ3) is 2.72. The zero-order chi connectivity index (χ0) is 13.1. The summed E-state index contributed by atoms with van der Waals surface area (Å²) in [6.45, 7) is 5.59. The molecule has 0 aliphatic carbocycles. The molecule has 0 amide bonds. The zero-order valence-corrected chi connectivity index (χ0v) is 10.2. The summed E-state index contributed by atoms with van der Waals surface area (Å²) in [6.07, 6.45) is 1.69. The van der Waals surface area contributed by atoms with Gasteiger partial charge in [-0.1, -0.05) is 36.9 Å². The maximum atomic E-state index is 9.11. The lowest BCUT2D eigenvalue weighted by Crippen LogP contribution is -2.29. The van der Waals surface area contributed by atoms with Crippen LogP contribution in [0.25, 0.3) is 10.8 Å². The van der Waals surface area contributed by atoms with Crippen LogP contribution in [0.3, 0.4) is 0 Å². The van der Waals surface area contributed by atoms with E-state index in [1.807, 2.05) is 31.2 Å². The summed E-state index contributed by atoms with van der Waals surface area (Å²) in [5.74, 6) is 0.771. The van der Waals surface area contributed by atoms with Gasteiger partial charge in [0.05, 0.1) is 0 Å². The van der Waals surface area contributed by atoms with Crippen LogP contribution >= 0.6 is 0 Å². The van der Waals surface area contributed by atoms with E-state index in [1.54, 1.807) is 18.2 Å². The minimum Gasteiger partial charge on any atom is -0.487 e. The van der Waals surface area contributed by atoms with Crippen molar-refractivity contribution >= 4 is 23.4 Å². The standard InChI is InChI=1S/C14H15BO3/c1-3-10(2)18-14-7-5-11-8-13(15(16)17)6-4-12(11)9-14/h3-10,16-17H,1H2,2H3. The Balaban J connectivity index is 2.35. The Labute approximate surface area is 106 Å². The van der Waals surface area contributed by atoms with E-state index in [4.69, 9.17) is 14.8 Å². The fourth-order valence-electron chi connectivity index (χ4n) is 1.74. The lowest BCUT2D eigenvalue weighted by molar-refractivity contribution is 0.270. The van der Waals surface area contributed by atoms with Crippen LogP contribution < -0.4 is 10.2 Å². The minimum atomic E-state index is -1.44. The predicted octanol–water partition coefficient (Wildman–Crippen LogP) is 1.47. The molecule has 2 aromatic rings. The second-order valence-corrected chi connectivity index (χ2v) is 4.20. The number of hydrogen-bond donors (Lipinski definition) is 2. The quantitative estimate of drug-likeness (QED) is 0.630. The van der Waals surface area contributed by atoms with Crippen LogP contribution in [0.2, 0.25) is 0 Å². The molecule has 0 radical (unpaired) electrons. The highest BCUT2D eigenvalue weighted by Crippen LogP contribution is 2.21. The van der Waals surface area contributed by atoms with E-state index >= 15 is 0 Å². The largest absolute Gasteiger partial charge is 0.488 e. The highest BCUT2D eigenvalue weighted by molar-refractivity contribution is 6.58. The van der Waals surface area contributed by atoms with Crippen molar-refractivity contribution in [2.75, 3.05) is 0 Å². The molecule has 3 nitrogen and oxygen atoms in total. The highest BCUT2D eigenvalue weighted by atomic mass is 16.5. The summed E-state index contributed by atoms with van der Waals surface area (Å²) >= 11 is 0. The van der Waals surface area contributed by atoms with Gasteiger partial charge in [0.2, 0.25) is 0 Å². The Morgan fingerprint density at radius 3 is 2.50 bits per heavy atom. The molecule has 0 fully saturated rings. The number of fused-ring (bicyclic) bond motifs is 1. The third-order valence-electron chi connectivity index (χ3n) is 2.79. The van der Waals surface area contributed by atoms with Gasteiger partial charge >= 0.3 is 7.12 Å². The summed E-state index contributed by atoms with van der Waals surface area (Å²) < 4.78 is 5.63. The van der Waals surface area contributed by atoms with Gasteiger partial charge in [0.25, 0.3) is 0 Å². The van der Waals surface area contributed by atoms with Crippen LogP contribution in [-0.2, 0) is 0 Å². The molecule has 0 spiro atoms. The zero-order valence-electron chi connectivity index (χ0n) is 10.2. The van der Waals surface area contributed by atoms with Gasteiger partial charge in [0.15, 0.2) is 0 Å². The Kier molecular flexibility index (Phi) is 3.70. The molecule has 0 aliphatic heterocycles. The van der Waals surface area contributed by atoms with Crippen molar-refractivity contribution in [3.05, 3.63) is 49.1 Å². The molecular weight excluding hydrogens is 227 g/mol. The number of benzene rings is 2. The molecule has 1 unspecified atom stereocenters. The highest BCUT2D eigenvalue weighted by Gasteiger charge is 2.11. The molecule has 0 saturated heterocycles. The summed E-state index contributed by atoms with van der Waals surface area (Å²) in [4.78, 5) is 0. The number of hydrogen-bond acceptors (Lipinski definition) is 3. The average Bonchev–Trinajstić information content (AvgIpc) is 2.37. The molecule has 2 aromatic carbocycles. The van der Waals surface area contributed by atoms with Crippen molar-refractivity contribution in [3.63, 3.8) is 0 Å². The molecule has 4 heteroatoms. The van der Waals surface area contributed by atoms with Crippen molar-refractivity contribution in [1.82, 2.24) is 0 Å². The first-order chi connectivity index (χ1) is 8.60. The predicted molar refractivity (Wildman–Crippen MR) is 74.1 cm³/mol. The van der Waals surface area contributed by atoms with Crippen molar-refractivity contribution in [3.8, 4) is 5.75 Å². The van der Waals surface area contributed by atoms with Crippen molar-refractivity contribution in [2.45, 2.75) is 13.0 Å². The summed E-state index contributed by atoms with van der Waals surface area (Å²) in [5, 5.41) is 20.2. The molecule has 2 N–H and O–H groups in total. The second kappa shape index (κ2) is 5.25. The molecule has 0 heterocycles. The van der Waals surface area contributed by atoms with Gasteiger partial charge in [0, 0.05) is 0 Å². The van der Waals surface area contributed by atoms with Crippen molar-refractivity contribution in [1.29, 1.82) is 0 Å². The van der Waals surface area contributed by atoms with E-state index in [1.165, 1.54) is 0 Å². The maximum Gasteiger partial charge on any atom is 0.488 e. The summed E-state index contributed by atoms with van der Waals surface area (Å²) in [5.41, 5.74) is 0.482. The van der Waals surface area contributed by atoms with Crippen LogP contribution in [0.15, 0.2) is 49.1 Å². The first-order valence-corrected chi connectivity index (χ1v) is 5.79. The average molecular weight is 242 g/mol. The second-order valence-electron chi connectivity index (χ2n) is 4.20. The van der Waals surface area contributed by atoms with Crippen molar-refractivity contribution in [2.24, 2.45) is 0 Å². The van der Waals surface area contributed by atoms with E-state index in [-0.39, 0.29) is 6.10 Å². The molecule has 0 bridgehead atoms. The monoisotopic (exact) mass is 242 g/mol. The van der Waals surface area contributed by atoms with Crippen molar-refractivity contribution < 1.29 is 14.8 Å². The minimum absolute atomic E-state index is 0.0408. The van der Waals surface area contributed by atoms with E-state index in [0.29, 0.717) is 5.46 Å². The molecule has 2 rings (SSSR count). The molecule has 1 atom stereocenters. The lowest BCUT2D eigenvalue weighted by atomic mass is 9.79. The van der Waals surface area contributed by atoms with Gasteiger partial charge in [-0.15, -0.1) is 0 Å². The Bertz CT molecular complexity index is 566. The summed E-state index contributed by atoms with van der Waals surface area (Å²) in [6, 6.07) is 11.0. The SMILES string of the molecule is C=CC(C)Oc1ccc2cc(B(O)O)ccc2c1. The fourth-order valence-corrected chi connectivity index (χ4v) is 1.74. The summed E-state index contributed by atoms with van der Waals surface area (Å²) in [7, 11) is -1.44. The third-order valence-corrected chi connectivity index (χ3v) is 2.79. The molecule has 0 aliphatic rings. The topological polar surface area (TPSA) is 49.7 Å². The van der Waals surface area contributed by atoms with Crippen LogP contribution in [0.5, 0.6) is 5.75 Å². The van der Waals surface area contributed by atoms with Gasteiger partial charge in [0.1, 0.15) is 11.9 Å². The molecule has 0 aromatic heterocycles. The maximum absolute atomic E-state index is 9.11. The Morgan fingerprint density at radius 2 is 1.83 bits per heavy atom. The fraction of sp³-hybridized carbons (Fsp3) is 0.143. The van der Waals surface area contributed by atoms with Crippen LogP contribution in [-0.4, -0.2) is 23.3 Å². The molecule has 18 heavy (non-hydrogen) atoms. The van der Waals surface area contributed by atoms with E-state index < -0.39 is 7.12 Å². The van der Waals surface area contributed by atoms with E-state index in [0.717, 1.165) is 16.5 Å². The lowest BCUT2D eigenvalue weighted by Gasteiger charge is -2.11. The Morgan fingerprint density at radius 1 is 1.17 bits per heavy atom. The van der Waals surface area contributed by atoms with Gasteiger partial charge in [-0.25, -0.2) is 0 Å². The number of rotatable bonds is 4. The Hall–Kier alpha value is -1.78. The van der Waals surface area contributed by atoms with Gasteiger partial charge in [-0.05, 0) is 35.3 Å². The smallest absolute Gasteiger partial charge is 0.487 e. The van der Waals surface area contributed by atoms with Crippen LogP contribution in [0.4, 0.5) is 0 Å².